The van der Waals surface area contributed by atoms with Crippen LogP contribution in [-0.4, -0.2) is 32.4 Å². The Kier molecular flexibility index (Phi) is 6.65. The molecule has 1 rings (SSSR count). The van der Waals surface area contributed by atoms with E-state index < -0.39 is 9.84 Å². The number of aliphatic hydroxyl groups is 1. The first-order chi connectivity index (χ1) is 9.44. The lowest BCUT2D eigenvalue weighted by Crippen LogP contribution is -2.20. The van der Waals surface area contributed by atoms with Crippen LogP contribution in [-0.2, 0) is 9.84 Å². The van der Waals surface area contributed by atoms with Crippen molar-refractivity contribution in [2.45, 2.75) is 37.5 Å². The molecule has 0 aliphatic heterocycles. The summed E-state index contributed by atoms with van der Waals surface area (Å²) in [5.74, 6) is 0.403. The second kappa shape index (κ2) is 7.76. The Hall–Kier alpha value is -0.910. The summed E-state index contributed by atoms with van der Waals surface area (Å²) in [5, 5.41) is 9.20. The first kappa shape index (κ1) is 17.1. The number of aliphatic hydroxyl groups excluding tert-OH is 1. The monoisotopic (exact) mass is 299 g/mol. The van der Waals surface area contributed by atoms with Gasteiger partial charge in [0, 0.05) is 6.61 Å². The van der Waals surface area contributed by atoms with E-state index in [0.29, 0.717) is 17.9 Å². The first-order valence-electron chi connectivity index (χ1n) is 7.08. The van der Waals surface area contributed by atoms with E-state index in [1.165, 1.54) is 0 Å². The SMILES string of the molecule is CCCS(=O)(=O)c1cccc(C(C)CC(CN)CO)c1. The molecule has 2 atom stereocenters. The minimum Gasteiger partial charge on any atom is -0.396 e. The van der Waals surface area contributed by atoms with Crippen LogP contribution >= 0.6 is 0 Å². The number of sulfone groups is 1. The van der Waals surface area contributed by atoms with Crippen LogP contribution in [0.4, 0.5) is 0 Å². The molecule has 0 saturated heterocycles. The van der Waals surface area contributed by atoms with Crippen molar-refractivity contribution in [2.75, 3.05) is 18.9 Å². The van der Waals surface area contributed by atoms with Gasteiger partial charge in [-0.05, 0) is 48.9 Å². The van der Waals surface area contributed by atoms with Crippen molar-refractivity contribution in [1.29, 1.82) is 0 Å². The van der Waals surface area contributed by atoms with Gasteiger partial charge in [-0.15, -0.1) is 0 Å². The highest BCUT2D eigenvalue weighted by molar-refractivity contribution is 7.91. The zero-order valence-electron chi connectivity index (χ0n) is 12.2. The molecule has 0 radical (unpaired) electrons. The zero-order valence-corrected chi connectivity index (χ0v) is 13.1. The van der Waals surface area contributed by atoms with E-state index in [-0.39, 0.29) is 24.2 Å². The van der Waals surface area contributed by atoms with Crippen LogP contribution in [0.15, 0.2) is 29.2 Å². The van der Waals surface area contributed by atoms with Gasteiger partial charge in [-0.1, -0.05) is 26.0 Å². The number of nitrogens with two attached hydrogens (primary N) is 1. The van der Waals surface area contributed by atoms with Gasteiger partial charge in [-0.2, -0.15) is 0 Å². The van der Waals surface area contributed by atoms with E-state index in [1.54, 1.807) is 18.2 Å². The average Bonchev–Trinajstić information content (AvgIpc) is 2.44. The standard InChI is InChI=1S/C15H25NO3S/c1-3-7-20(18,19)15-6-4-5-14(9-15)12(2)8-13(10-16)11-17/h4-6,9,12-13,17H,3,7-8,10-11,16H2,1-2H3. The van der Waals surface area contributed by atoms with Crippen molar-refractivity contribution in [2.24, 2.45) is 11.7 Å². The van der Waals surface area contributed by atoms with Gasteiger partial charge in [-0.25, -0.2) is 8.42 Å². The van der Waals surface area contributed by atoms with Crippen molar-refractivity contribution < 1.29 is 13.5 Å². The summed E-state index contributed by atoms with van der Waals surface area (Å²) >= 11 is 0. The molecule has 0 aliphatic carbocycles. The number of benzene rings is 1. The molecule has 4 nitrogen and oxygen atoms in total. The molecule has 2 unspecified atom stereocenters. The summed E-state index contributed by atoms with van der Waals surface area (Å²) in [6.45, 7) is 4.39. The zero-order chi connectivity index (χ0) is 15.2. The predicted octanol–water partition coefficient (Wildman–Crippen LogP) is 1.93. The summed E-state index contributed by atoms with van der Waals surface area (Å²) in [5.41, 5.74) is 6.57. The molecule has 0 heterocycles. The van der Waals surface area contributed by atoms with Crippen LogP contribution in [0.3, 0.4) is 0 Å². The minimum atomic E-state index is -3.18. The van der Waals surface area contributed by atoms with E-state index in [1.807, 2.05) is 19.9 Å². The molecule has 1 aromatic carbocycles. The van der Waals surface area contributed by atoms with Gasteiger partial charge < -0.3 is 10.8 Å². The van der Waals surface area contributed by atoms with Gasteiger partial charge in [0.25, 0.3) is 0 Å². The Balaban J connectivity index is 2.93. The van der Waals surface area contributed by atoms with Crippen molar-refractivity contribution in [3.8, 4) is 0 Å². The molecular formula is C15H25NO3S. The van der Waals surface area contributed by atoms with Crippen LogP contribution in [0.5, 0.6) is 0 Å². The average molecular weight is 299 g/mol. The number of rotatable bonds is 8. The third-order valence-electron chi connectivity index (χ3n) is 3.54. The maximum absolute atomic E-state index is 12.1. The third kappa shape index (κ3) is 4.58. The molecule has 0 aliphatic rings. The highest BCUT2D eigenvalue weighted by Crippen LogP contribution is 2.25. The highest BCUT2D eigenvalue weighted by Gasteiger charge is 2.17. The molecule has 0 amide bonds. The van der Waals surface area contributed by atoms with Gasteiger partial charge in [0.2, 0.25) is 0 Å². The van der Waals surface area contributed by atoms with Crippen LogP contribution in [0.2, 0.25) is 0 Å². The van der Waals surface area contributed by atoms with Crippen LogP contribution in [0, 0.1) is 5.92 Å². The largest absolute Gasteiger partial charge is 0.396 e. The van der Waals surface area contributed by atoms with Crippen molar-refractivity contribution in [1.82, 2.24) is 0 Å². The summed E-state index contributed by atoms with van der Waals surface area (Å²) < 4.78 is 24.2. The fourth-order valence-corrected chi connectivity index (χ4v) is 3.66. The van der Waals surface area contributed by atoms with Gasteiger partial charge in [0.1, 0.15) is 0 Å². The van der Waals surface area contributed by atoms with Crippen molar-refractivity contribution >= 4 is 9.84 Å². The van der Waals surface area contributed by atoms with E-state index >= 15 is 0 Å². The molecule has 0 bridgehead atoms. The normalized spacial score (nSPS) is 15.0. The lowest BCUT2D eigenvalue weighted by Gasteiger charge is -2.18. The Labute approximate surface area is 121 Å². The van der Waals surface area contributed by atoms with Gasteiger partial charge >= 0.3 is 0 Å². The lowest BCUT2D eigenvalue weighted by atomic mass is 9.91. The van der Waals surface area contributed by atoms with Crippen molar-refractivity contribution in [3.05, 3.63) is 29.8 Å². The molecule has 114 valence electrons. The third-order valence-corrected chi connectivity index (χ3v) is 5.46. The molecule has 3 N–H and O–H groups in total. The molecule has 0 spiro atoms. The lowest BCUT2D eigenvalue weighted by molar-refractivity contribution is 0.217. The first-order valence-corrected chi connectivity index (χ1v) is 8.73. The topological polar surface area (TPSA) is 80.4 Å². The second-order valence-electron chi connectivity index (χ2n) is 5.31. The molecule has 0 saturated carbocycles. The smallest absolute Gasteiger partial charge is 0.178 e. The Bertz CT molecular complexity index is 510. The Morgan fingerprint density at radius 2 is 2.05 bits per heavy atom. The Morgan fingerprint density at radius 1 is 1.35 bits per heavy atom. The van der Waals surface area contributed by atoms with E-state index in [0.717, 1.165) is 12.0 Å². The fraction of sp³-hybridized carbons (Fsp3) is 0.600. The predicted molar refractivity (Wildman–Crippen MR) is 81.4 cm³/mol. The van der Waals surface area contributed by atoms with Gasteiger partial charge in [0.15, 0.2) is 9.84 Å². The minimum absolute atomic E-state index is 0.0564. The van der Waals surface area contributed by atoms with E-state index in [2.05, 4.69) is 0 Å². The molecule has 1 aromatic rings. The van der Waals surface area contributed by atoms with Crippen LogP contribution < -0.4 is 5.73 Å². The van der Waals surface area contributed by atoms with Crippen LogP contribution in [0.1, 0.15) is 38.2 Å². The molecular weight excluding hydrogens is 274 g/mol. The van der Waals surface area contributed by atoms with Crippen LogP contribution in [0.25, 0.3) is 0 Å². The summed E-state index contributed by atoms with van der Waals surface area (Å²) in [7, 11) is -3.18. The van der Waals surface area contributed by atoms with Gasteiger partial charge in [-0.3, -0.25) is 0 Å². The molecule has 0 fully saturated rings. The van der Waals surface area contributed by atoms with Crippen molar-refractivity contribution in [3.63, 3.8) is 0 Å². The highest BCUT2D eigenvalue weighted by atomic mass is 32.2. The molecule has 0 aromatic heterocycles. The maximum Gasteiger partial charge on any atom is 0.178 e. The quantitative estimate of drug-likeness (QED) is 0.768. The van der Waals surface area contributed by atoms with Gasteiger partial charge in [0.05, 0.1) is 10.6 Å². The maximum atomic E-state index is 12.1. The van der Waals surface area contributed by atoms with E-state index in [9.17, 15) is 13.5 Å². The fourth-order valence-electron chi connectivity index (χ4n) is 2.28. The second-order valence-corrected chi connectivity index (χ2v) is 7.42. The summed E-state index contributed by atoms with van der Waals surface area (Å²) in [6, 6.07) is 7.11. The molecule has 20 heavy (non-hydrogen) atoms. The summed E-state index contributed by atoms with van der Waals surface area (Å²) in [6.07, 6.45) is 1.37. The number of hydrogen-bond donors (Lipinski definition) is 2. The summed E-state index contributed by atoms with van der Waals surface area (Å²) in [4.78, 5) is 0.386. The molecule has 5 heteroatoms. The Morgan fingerprint density at radius 3 is 2.60 bits per heavy atom. The number of hydrogen-bond acceptors (Lipinski definition) is 4. The van der Waals surface area contributed by atoms with E-state index in [4.69, 9.17) is 5.73 Å².